The van der Waals surface area contributed by atoms with Crippen LogP contribution < -0.4 is 5.90 Å². The molecule has 0 bridgehead atoms. The van der Waals surface area contributed by atoms with Crippen LogP contribution in [0.1, 0.15) is 19.3 Å². The van der Waals surface area contributed by atoms with Gasteiger partial charge in [0, 0.05) is 19.7 Å². The molecule has 5 nitrogen and oxygen atoms in total. The fraction of sp³-hybridized carbons (Fsp3) is 0.889. The van der Waals surface area contributed by atoms with Crippen LogP contribution in [0.2, 0.25) is 0 Å². The van der Waals surface area contributed by atoms with Crippen molar-refractivity contribution in [3.63, 3.8) is 0 Å². The van der Waals surface area contributed by atoms with Gasteiger partial charge in [-0.25, -0.2) is 5.90 Å². The number of likely N-dealkylation sites (tertiary alicyclic amines) is 1. The Morgan fingerprint density at radius 2 is 2.36 bits per heavy atom. The predicted octanol–water partition coefficient (Wildman–Crippen LogP) is -0.343. The molecule has 0 saturated carbocycles. The highest BCUT2D eigenvalue weighted by atomic mass is 16.6. The summed E-state index contributed by atoms with van der Waals surface area (Å²) in [6, 6.07) is 0. The van der Waals surface area contributed by atoms with Crippen molar-refractivity contribution in [1.82, 2.24) is 4.90 Å². The van der Waals surface area contributed by atoms with Crippen LogP contribution >= 0.6 is 0 Å². The summed E-state index contributed by atoms with van der Waals surface area (Å²) in [6.45, 7) is 2.05. The van der Waals surface area contributed by atoms with Gasteiger partial charge >= 0.3 is 0 Å². The molecule has 2 fully saturated rings. The summed E-state index contributed by atoms with van der Waals surface area (Å²) in [7, 11) is 0. The minimum absolute atomic E-state index is 0.000327. The van der Waals surface area contributed by atoms with Crippen molar-refractivity contribution in [1.29, 1.82) is 0 Å². The molecule has 14 heavy (non-hydrogen) atoms. The van der Waals surface area contributed by atoms with E-state index in [1.807, 2.05) is 0 Å². The van der Waals surface area contributed by atoms with Gasteiger partial charge < -0.3 is 9.64 Å². The molecular formula is C9H16N2O3. The maximum absolute atomic E-state index is 11.8. The third kappa shape index (κ3) is 1.89. The van der Waals surface area contributed by atoms with Gasteiger partial charge in [0.1, 0.15) is 6.10 Å². The molecule has 5 heteroatoms. The molecule has 2 aliphatic heterocycles. The topological polar surface area (TPSA) is 64.8 Å². The fourth-order valence-corrected chi connectivity index (χ4v) is 2.02. The number of hydrogen-bond donors (Lipinski definition) is 1. The van der Waals surface area contributed by atoms with E-state index in [0.717, 1.165) is 25.8 Å². The zero-order valence-electron chi connectivity index (χ0n) is 8.15. The first-order valence-electron chi connectivity index (χ1n) is 5.07. The number of rotatable bonds is 2. The Kier molecular flexibility index (Phi) is 3.00. The molecule has 0 aromatic heterocycles. The first kappa shape index (κ1) is 9.89. The maximum Gasteiger partial charge on any atom is 0.251 e. The monoisotopic (exact) mass is 200 g/mol. The van der Waals surface area contributed by atoms with E-state index in [1.54, 1.807) is 4.90 Å². The molecule has 2 N–H and O–H groups in total. The summed E-state index contributed by atoms with van der Waals surface area (Å²) < 4.78 is 5.33. The van der Waals surface area contributed by atoms with E-state index < -0.39 is 0 Å². The van der Waals surface area contributed by atoms with Gasteiger partial charge in [-0.3, -0.25) is 9.63 Å². The van der Waals surface area contributed by atoms with Crippen LogP contribution in [-0.4, -0.2) is 42.7 Å². The Morgan fingerprint density at radius 3 is 2.93 bits per heavy atom. The van der Waals surface area contributed by atoms with E-state index in [-0.39, 0.29) is 18.1 Å². The molecule has 2 saturated heterocycles. The highest BCUT2D eigenvalue weighted by molar-refractivity contribution is 5.81. The first-order chi connectivity index (χ1) is 6.81. The normalized spacial score (nSPS) is 32.5. The molecule has 1 amide bonds. The lowest BCUT2D eigenvalue weighted by Gasteiger charge is -2.19. The van der Waals surface area contributed by atoms with E-state index in [4.69, 9.17) is 15.5 Å². The zero-order chi connectivity index (χ0) is 9.97. The van der Waals surface area contributed by atoms with Crippen molar-refractivity contribution in [2.75, 3.05) is 19.7 Å². The van der Waals surface area contributed by atoms with E-state index in [2.05, 4.69) is 0 Å². The standard InChI is InChI=1S/C9H16N2O3/c10-14-7-3-4-11(6-7)9(12)8-2-1-5-13-8/h7-8H,1-6,10H2. The molecule has 2 atom stereocenters. The van der Waals surface area contributed by atoms with Crippen LogP contribution in [0.4, 0.5) is 0 Å². The summed E-state index contributed by atoms with van der Waals surface area (Å²) >= 11 is 0. The van der Waals surface area contributed by atoms with Crippen molar-refractivity contribution < 1.29 is 14.4 Å². The molecular weight excluding hydrogens is 184 g/mol. The summed E-state index contributed by atoms with van der Waals surface area (Å²) in [5, 5.41) is 0. The maximum atomic E-state index is 11.8. The number of ether oxygens (including phenoxy) is 1. The van der Waals surface area contributed by atoms with Gasteiger partial charge in [-0.05, 0) is 19.3 Å². The van der Waals surface area contributed by atoms with Crippen molar-refractivity contribution in [2.45, 2.75) is 31.5 Å². The van der Waals surface area contributed by atoms with Crippen LogP contribution in [0.25, 0.3) is 0 Å². The highest BCUT2D eigenvalue weighted by Crippen LogP contribution is 2.18. The highest BCUT2D eigenvalue weighted by Gasteiger charge is 2.33. The third-order valence-electron chi connectivity index (χ3n) is 2.85. The van der Waals surface area contributed by atoms with Gasteiger partial charge in [0.25, 0.3) is 5.91 Å². The van der Waals surface area contributed by atoms with Gasteiger partial charge in [0.2, 0.25) is 0 Å². The second-order valence-corrected chi connectivity index (χ2v) is 3.83. The van der Waals surface area contributed by atoms with Gasteiger partial charge in [-0.2, -0.15) is 0 Å². The Morgan fingerprint density at radius 1 is 1.50 bits per heavy atom. The van der Waals surface area contributed by atoms with E-state index >= 15 is 0 Å². The Bertz CT molecular complexity index is 216. The zero-order valence-corrected chi connectivity index (χ0v) is 8.15. The van der Waals surface area contributed by atoms with Gasteiger partial charge in [-0.15, -0.1) is 0 Å². The SMILES string of the molecule is NOC1CCN(C(=O)C2CCCO2)C1. The van der Waals surface area contributed by atoms with Crippen LogP contribution in [0.3, 0.4) is 0 Å². The van der Waals surface area contributed by atoms with E-state index in [9.17, 15) is 4.79 Å². The molecule has 0 aliphatic carbocycles. The van der Waals surface area contributed by atoms with E-state index in [1.165, 1.54) is 0 Å². The number of carbonyl (C=O) groups excluding carboxylic acids is 1. The summed E-state index contributed by atoms with van der Waals surface area (Å²) in [5.41, 5.74) is 0. The number of nitrogens with zero attached hydrogens (tertiary/aromatic N) is 1. The number of carbonyl (C=O) groups is 1. The Balaban J connectivity index is 1.86. The average molecular weight is 200 g/mol. The summed E-state index contributed by atoms with van der Waals surface area (Å²) in [4.78, 5) is 18.3. The molecule has 0 aromatic carbocycles. The van der Waals surface area contributed by atoms with Crippen molar-refractivity contribution in [3.8, 4) is 0 Å². The molecule has 2 unspecified atom stereocenters. The van der Waals surface area contributed by atoms with Crippen molar-refractivity contribution >= 4 is 5.91 Å². The molecule has 2 aliphatic rings. The number of nitrogens with two attached hydrogens (primary N) is 1. The summed E-state index contributed by atoms with van der Waals surface area (Å²) in [6.07, 6.45) is 2.45. The molecule has 80 valence electrons. The molecule has 0 spiro atoms. The Labute approximate surface area is 83.1 Å². The van der Waals surface area contributed by atoms with Gasteiger partial charge in [0.05, 0.1) is 6.10 Å². The van der Waals surface area contributed by atoms with Crippen molar-refractivity contribution in [3.05, 3.63) is 0 Å². The smallest absolute Gasteiger partial charge is 0.251 e. The number of hydrogen-bond acceptors (Lipinski definition) is 4. The van der Waals surface area contributed by atoms with Crippen LogP contribution in [-0.2, 0) is 14.4 Å². The van der Waals surface area contributed by atoms with Gasteiger partial charge in [0.15, 0.2) is 0 Å². The quantitative estimate of drug-likeness (QED) is 0.619. The minimum Gasteiger partial charge on any atom is -0.368 e. The lowest BCUT2D eigenvalue weighted by molar-refractivity contribution is -0.140. The molecule has 2 heterocycles. The first-order valence-corrected chi connectivity index (χ1v) is 5.07. The average Bonchev–Trinajstić information content (AvgIpc) is 2.88. The third-order valence-corrected chi connectivity index (χ3v) is 2.85. The van der Waals surface area contributed by atoms with Gasteiger partial charge in [-0.1, -0.05) is 0 Å². The second kappa shape index (κ2) is 4.25. The van der Waals surface area contributed by atoms with Crippen molar-refractivity contribution in [2.24, 2.45) is 5.90 Å². The summed E-state index contributed by atoms with van der Waals surface area (Å²) in [5.74, 6) is 5.18. The number of amides is 1. The lowest BCUT2D eigenvalue weighted by atomic mass is 10.2. The van der Waals surface area contributed by atoms with E-state index in [0.29, 0.717) is 13.2 Å². The minimum atomic E-state index is -0.216. The molecule has 0 radical (unpaired) electrons. The van der Waals surface area contributed by atoms with Crippen LogP contribution in [0.5, 0.6) is 0 Å². The lowest BCUT2D eigenvalue weighted by Crippen LogP contribution is -2.38. The Hall–Kier alpha value is -0.650. The van der Waals surface area contributed by atoms with Crippen LogP contribution in [0.15, 0.2) is 0 Å². The molecule has 2 rings (SSSR count). The predicted molar refractivity (Wildman–Crippen MR) is 49.2 cm³/mol. The second-order valence-electron chi connectivity index (χ2n) is 3.83. The molecule has 0 aromatic rings. The van der Waals surface area contributed by atoms with Crippen LogP contribution in [0, 0.1) is 0 Å². The largest absolute Gasteiger partial charge is 0.368 e. The fourth-order valence-electron chi connectivity index (χ4n) is 2.02.